The van der Waals surface area contributed by atoms with Gasteiger partial charge in [0.05, 0.1) is 0 Å². The van der Waals surface area contributed by atoms with Crippen LogP contribution in [-0.2, 0) is 20.0 Å². The number of hydrogen-bond acceptors (Lipinski definition) is 5. The Morgan fingerprint density at radius 1 is 1.38 bits per heavy atom. The molecule has 0 atom stereocenters. The van der Waals surface area contributed by atoms with E-state index in [1.807, 2.05) is 24.6 Å². The molecule has 9 heteroatoms. The Hall–Kier alpha value is -1.46. The lowest BCUT2D eigenvalue weighted by atomic mass is 10.1. The second kappa shape index (κ2) is 12.3. The third kappa shape index (κ3) is 7.38. The van der Waals surface area contributed by atoms with Crippen molar-refractivity contribution >= 4 is 41.3 Å². The summed E-state index contributed by atoms with van der Waals surface area (Å²) in [5, 5.41) is 17.6. The van der Waals surface area contributed by atoms with E-state index in [4.69, 9.17) is 4.99 Å². The SMILES string of the molecule is C=CCN1CCC(NC(=NCc2nnc(C)n2C)NCCc2cccs2)CC1.I. The molecule has 1 aliphatic heterocycles. The maximum absolute atomic E-state index is 4.78. The highest BCUT2D eigenvalue weighted by Crippen LogP contribution is 2.11. The van der Waals surface area contributed by atoms with Gasteiger partial charge in [0.15, 0.2) is 11.8 Å². The molecule has 0 amide bonds. The van der Waals surface area contributed by atoms with Crippen molar-refractivity contribution in [2.24, 2.45) is 12.0 Å². The third-order valence-corrected chi connectivity index (χ3v) is 6.06. The standard InChI is InChI=1S/C20H31N7S.HI/c1-4-11-27-12-8-17(9-13-27)23-20(21-10-7-18-6-5-14-28-18)22-15-19-25-24-16(2)26(19)3;/h4-6,14,17H,1,7-13,15H2,2-3H3,(H2,21,22,23);1H. The number of aliphatic imine (C=N–C) groups is 1. The average Bonchev–Trinajstić information content (AvgIpc) is 3.32. The van der Waals surface area contributed by atoms with Crippen molar-refractivity contribution in [3.8, 4) is 0 Å². The number of guanidine groups is 1. The van der Waals surface area contributed by atoms with Gasteiger partial charge in [0.25, 0.3) is 0 Å². The highest BCUT2D eigenvalue weighted by Gasteiger charge is 2.19. The van der Waals surface area contributed by atoms with Gasteiger partial charge in [-0.05, 0) is 37.6 Å². The van der Waals surface area contributed by atoms with Crippen molar-refractivity contribution in [1.82, 2.24) is 30.3 Å². The minimum Gasteiger partial charge on any atom is -0.356 e. The van der Waals surface area contributed by atoms with Gasteiger partial charge in [0.2, 0.25) is 0 Å². The summed E-state index contributed by atoms with van der Waals surface area (Å²) in [5.74, 6) is 2.64. The molecule has 7 nitrogen and oxygen atoms in total. The van der Waals surface area contributed by atoms with E-state index in [2.05, 4.69) is 49.8 Å². The smallest absolute Gasteiger partial charge is 0.191 e. The molecule has 29 heavy (non-hydrogen) atoms. The minimum absolute atomic E-state index is 0. The number of likely N-dealkylation sites (tertiary alicyclic amines) is 1. The first kappa shape index (κ1) is 23.8. The molecule has 0 spiro atoms. The molecule has 0 radical (unpaired) electrons. The molecule has 2 N–H and O–H groups in total. The fraction of sp³-hybridized carbons (Fsp3) is 0.550. The van der Waals surface area contributed by atoms with Crippen molar-refractivity contribution < 1.29 is 0 Å². The van der Waals surface area contributed by atoms with Gasteiger partial charge in [-0.15, -0.1) is 52.1 Å². The summed E-state index contributed by atoms with van der Waals surface area (Å²) in [5.41, 5.74) is 0. The number of aryl methyl sites for hydroxylation is 1. The molecule has 3 heterocycles. The summed E-state index contributed by atoms with van der Waals surface area (Å²) in [7, 11) is 1.98. The van der Waals surface area contributed by atoms with Crippen LogP contribution >= 0.6 is 35.3 Å². The molecule has 1 aliphatic rings. The zero-order valence-corrected chi connectivity index (χ0v) is 20.5. The van der Waals surface area contributed by atoms with Crippen molar-refractivity contribution in [3.05, 3.63) is 46.7 Å². The van der Waals surface area contributed by atoms with Crippen LogP contribution in [0.5, 0.6) is 0 Å². The predicted molar refractivity (Wildman–Crippen MR) is 131 cm³/mol. The number of thiophene rings is 1. The molecular weight excluding hydrogens is 497 g/mol. The van der Waals surface area contributed by atoms with Crippen molar-refractivity contribution in [2.45, 2.75) is 38.8 Å². The van der Waals surface area contributed by atoms with Crippen LogP contribution in [0, 0.1) is 6.92 Å². The second-order valence-electron chi connectivity index (χ2n) is 7.15. The van der Waals surface area contributed by atoms with Crippen LogP contribution in [0.15, 0.2) is 35.2 Å². The van der Waals surface area contributed by atoms with Gasteiger partial charge in [-0.2, -0.15) is 0 Å². The van der Waals surface area contributed by atoms with E-state index >= 15 is 0 Å². The Morgan fingerprint density at radius 3 is 2.79 bits per heavy atom. The van der Waals surface area contributed by atoms with Crippen LogP contribution in [0.2, 0.25) is 0 Å². The zero-order valence-electron chi connectivity index (χ0n) is 17.3. The number of hydrogen-bond donors (Lipinski definition) is 2. The number of nitrogens with one attached hydrogen (secondary N) is 2. The molecule has 2 aromatic rings. The van der Waals surface area contributed by atoms with Crippen LogP contribution in [0.3, 0.4) is 0 Å². The monoisotopic (exact) mass is 529 g/mol. The summed E-state index contributed by atoms with van der Waals surface area (Å²) in [6.45, 7) is 10.3. The van der Waals surface area contributed by atoms with Gasteiger partial charge in [-0.1, -0.05) is 12.1 Å². The van der Waals surface area contributed by atoms with Gasteiger partial charge >= 0.3 is 0 Å². The molecule has 0 bridgehead atoms. The molecule has 160 valence electrons. The summed E-state index contributed by atoms with van der Waals surface area (Å²) in [6.07, 6.45) is 5.21. The maximum Gasteiger partial charge on any atom is 0.191 e. The third-order valence-electron chi connectivity index (χ3n) is 5.12. The van der Waals surface area contributed by atoms with Crippen molar-refractivity contribution in [3.63, 3.8) is 0 Å². The molecule has 0 saturated carbocycles. The first-order valence-electron chi connectivity index (χ1n) is 9.91. The van der Waals surface area contributed by atoms with E-state index in [9.17, 15) is 0 Å². The largest absolute Gasteiger partial charge is 0.356 e. The van der Waals surface area contributed by atoms with Crippen LogP contribution in [0.1, 0.15) is 29.4 Å². The van der Waals surface area contributed by atoms with Crippen molar-refractivity contribution in [1.29, 1.82) is 0 Å². The van der Waals surface area contributed by atoms with E-state index in [1.165, 1.54) is 4.88 Å². The molecule has 0 unspecified atom stereocenters. The van der Waals surface area contributed by atoms with E-state index in [0.717, 1.165) is 63.0 Å². The molecule has 0 aliphatic carbocycles. The number of rotatable bonds is 8. The lowest BCUT2D eigenvalue weighted by Gasteiger charge is -2.32. The van der Waals surface area contributed by atoms with Gasteiger partial charge in [-0.3, -0.25) is 4.90 Å². The highest BCUT2D eigenvalue weighted by molar-refractivity contribution is 14.0. The summed E-state index contributed by atoms with van der Waals surface area (Å²) >= 11 is 1.79. The Morgan fingerprint density at radius 2 is 2.17 bits per heavy atom. The second-order valence-corrected chi connectivity index (χ2v) is 8.18. The first-order valence-corrected chi connectivity index (χ1v) is 10.8. The van der Waals surface area contributed by atoms with E-state index < -0.39 is 0 Å². The van der Waals surface area contributed by atoms with Gasteiger partial charge < -0.3 is 15.2 Å². The van der Waals surface area contributed by atoms with E-state index in [-0.39, 0.29) is 24.0 Å². The Balaban J connectivity index is 0.00000300. The van der Waals surface area contributed by atoms with Crippen LogP contribution in [0.25, 0.3) is 0 Å². The molecule has 3 rings (SSSR count). The van der Waals surface area contributed by atoms with Crippen molar-refractivity contribution in [2.75, 3.05) is 26.2 Å². The number of piperidine rings is 1. The highest BCUT2D eigenvalue weighted by atomic mass is 127. The van der Waals surface area contributed by atoms with Crippen LogP contribution in [0.4, 0.5) is 0 Å². The number of aromatic nitrogens is 3. The Bertz CT molecular complexity index is 764. The Kier molecular flexibility index (Phi) is 10.1. The van der Waals surface area contributed by atoms with Gasteiger partial charge in [-0.25, -0.2) is 4.99 Å². The first-order chi connectivity index (χ1) is 13.7. The molecule has 1 saturated heterocycles. The molecule has 0 aromatic carbocycles. The fourth-order valence-corrected chi connectivity index (χ4v) is 3.99. The number of nitrogens with zero attached hydrogens (tertiary/aromatic N) is 5. The normalized spacial score (nSPS) is 15.7. The minimum atomic E-state index is 0. The average molecular weight is 529 g/mol. The fourth-order valence-electron chi connectivity index (χ4n) is 3.29. The Labute approximate surface area is 194 Å². The molecular formula is C20H32IN7S. The van der Waals surface area contributed by atoms with Gasteiger partial charge in [0, 0.05) is 44.1 Å². The number of halogens is 1. The quantitative estimate of drug-likeness (QED) is 0.238. The maximum atomic E-state index is 4.78. The topological polar surface area (TPSA) is 70.4 Å². The summed E-state index contributed by atoms with van der Waals surface area (Å²) in [6, 6.07) is 4.71. The van der Waals surface area contributed by atoms with Crippen LogP contribution in [-0.4, -0.2) is 57.8 Å². The van der Waals surface area contributed by atoms with E-state index in [0.29, 0.717) is 12.6 Å². The van der Waals surface area contributed by atoms with Gasteiger partial charge in [0.1, 0.15) is 12.4 Å². The van der Waals surface area contributed by atoms with Crippen LogP contribution < -0.4 is 10.6 Å². The van der Waals surface area contributed by atoms with E-state index in [1.54, 1.807) is 11.3 Å². The lowest BCUT2D eigenvalue weighted by Crippen LogP contribution is -2.49. The zero-order chi connectivity index (χ0) is 19.8. The summed E-state index contributed by atoms with van der Waals surface area (Å²) < 4.78 is 1.99. The molecule has 1 fully saturated rings. The predicted octanol–water partition coefficient (Wildman–Crippen LogP) is 2.73. The summed E-state index contributed by atoms with van der Waals surface area (Å²) in [4.78, 5) is 8.60. The lowest BCUT2D eigenvalue weighted by molar-refractivity contribution is 0.225. The molecule has 2 aromatic heterocycles.